The average Bonchev–Trinajstić information content (AvgIpc) is 1.61. The minimum Gasteiger partial charge on any atom is -0.495 e. The van der Waals surface area contributed by atoms with Gasteiger partial charge in [0.05, 0.1) is 48.4 Å². The van der Waals surface area contributed by atoms with Crippen molar-refractivity contribution in [3.63, 3.8) is 0 Å². The number of nitrogens with zero attached hydrogens (tertiary/aromatic N) is 2. The summed E-state index contributed by atoms with van der Waals surface area (Å²) in [5.41, 5.74) is 3.17. The van der Waals surface area contributed by atoms with Gasteiger partial charge in [-0.25, -0.2) is 22.8 Å². The summed E-state index contributed by atoms with van der Waals surface area (Å²) in [4.78, 5) is 123. The number of alkyl halides is 2. The minimum absolute atomic E-state index is 0.00424. The van der Waals surface area contributed by atoms with Crippen LogP contribution in [0.4, 0.5) is 21.0 Å². The van der Waals surface area contributed by atoms with Crippen molar-refractivity contribution in [2.45, 2.75) is 158 Å². The predicted molar refractivity (Wildman–Crippen MR) is 344 cm³/mol. The van der Waals surface area contributed by atoms with Crippen LogP contribution in [0.25, 0.3) is 0 Å². The number of urea groups is 1. The van der Waals surface area contributed by atoms with Gasteiger partial charge in [-0.2, -0.15) is 0 Å². The number of anilines is 2. The van der Waals surface area contributed by atoms with Crippen molar-refractivity contribution in [2.75, 3.05) is 68.6 Å². The standard InChI is InChI=1S/C61H85Br2ClN8O18S/c1-33(2)51(69-48(73)20-13-12-14-24-87-57(79)39(31-62)32-63)54(76)68-41(18-16-23-66-58(65)80)53(75)67-40-22-21-38(28-45(40)91(11,83)84)55(77)71(7)36(5)56(78)89-47-29-49(74)72(8)42-26-37(27-43(85-9)50(42)64)25-34(3)17-15-19-46(86-10)61(82)30-44(88-59(81)70-61)35(4)52-60(47,6)90-52/h15,17,19,21-22,26-28,33,35-36,39,41,44,46-47,51-52,82H,12-14,16,18,20,23-25,29-32H2,1-11H3,(H,67,75)(H,68,76)(H,69,73)(H,70,81)(H3,65,66,80)/b19-15+,34-17+/t35-,36+,41+,44+,46-,47+,51+,52+,60+,61+/m1/s1. The number of primary amides is 1. The van der Waals surface area contributed by atoms with Gasteiger partial charge in [-0.3, -0.25) is 34.1 Å². The molecule has 0 spiro atoms. The number of esters is 2. The lowest BCUT2D eigenvalue weighted by Gasteiger charge is -2.42. The Morgan fingerprint density at radius 1 is 0.989 bits per heavy atom. The van der Waals surface area contributed by atoms with Crippen molar-refractivity contribution in [2.24, 2.45) is 23.5 Å². The number of alkyl carbamates (subject to hydrolysis) is 1. The lowest BCUT2D eigenvalue weighted by Crippen LogP contribution is -2.63. The Morgan fingerprint density at radius 3 is 2.31 bits per heavy atom. The molecule has 26 nitrogen and oxygen atoms in total. The summed E-state index contributed by atoms with van der Waals surface area (Å²) < 4.78 is 61.8. The summed E-state index contributed by atoms with van der Waals surface area (Å²) in [5, 5.41) is 25.8. The van der Waals surface area contributed by atoms with Crippen LogP contribution in [0.5, 0.6) is 5.75 Å². The first-order valence-electron chi connectivity index (χ1n) is 29.7. The van der Waals surface area contributed by atoms with Crippen LogP contribution in [0, 0.1) is 17.8 Å². The van der Waals surface area contributed by atoms with Crippen LogP contribution >= 0.6 is 43.5 Å². The molecule has 2 aromatic carbocycles. The Bertz CT molecular complexity index is 3190. The zero-order valence-electron chi connectivity index (χ0n) is 53.0. The van der Waals surface area contributed by atoms with E-state index in [0.717, 1.165) is 28.9 Å². The highest BCUT2D eigenvalue weighted by Gasteiger charge is 2.64. The number of nitrogens with one attached hydrogen (secondary N) is 5. The van der Waals surface area contributed by atoms with Crippen molar-refractivity contribution in [1.29, 1.82) is 0 Å². The highest BCUT2D eigenvalue weighted by Crippen LogP contribution is 2.49. The van der Waals surface area contributed by atoms with E-state index in [4.69, 9.17) is 45.8 Å². The smallest absolute Gasteiger partial charge is 0.409 e. The lowest BCUT2D eigenvalue weighted by molar-refractivity contribution is -0.158. The molecule has 0 saturated carbocycles. The number of halogens is 3. The molecule has 0 radical (unpaired) electrons. The van der Waals surface area contributed by atoms with Crippen LogP contribution in [-0.2, 0) is 68.7 Å². The number of likely N-dealkylation sites (N-methyl/N-ethyl adjacent to an activating group) is 1. The second-order valence-electron chi connectivity index (χ2n) is 23.6. The molecule has 2 saturated heterocycles. The number of sulfone groups is 1. The largest absolute Gasteiger partial charge is 0.495 e. The van der Waals surface area contributed by atoms with Crippen LogP contribution in [0.15, 0.2) is 59.0 Å². The number of epoxide rings is 1. The highest BCUT2D eigenvalue weighted by atomic mass is 79.9. The van der Waals surface area contributed by atoms with Gasteiger partial charge in [-0.05, 0) is 101 Å². The number of nitrogens with two attached hydrogens (primary N) is 1. The molecule has 3 aliphatic rings. The van der Waals surface area contributed by atoms with E-state index >= 15 is 0 Å². The first-order valence-corrected chi connectivity index (χ1v) is 34.2. The van der Waals surface area contributed by atoms with Crippen molar-refractivity contribution in [1.82, 2.24) is 26.2 Å². The number of aliphatic hydroxyl groups is 1. The molecule has 5 rings (SSSR count). The Hall–Kier alpha value is -6.37. The molecule has 3 heterocycles. The summed E-state index contributed by atoms with van der Waals surface area (Å²) in [6, 6.07) is 2.08. The highest BCUT2D eigenvalue weighted by molar-refractivity contribution is 9.09. The number of benzene rings is 2. The van der Waals surface area contributed by atoms with Gasteiger partial charge in [-0.15, -0.1) is 0 Å². The number of allylic oxidation sites excluding steroid dienone is 3. The van der Waals surface area contributed by atoms with Crippen molar-refractivity contribution in [3.8, 4) is 5.75 Å². The molecule has 10 atom stereocenters. The van der Waals surface area contributed by atoms with Gasteiger partial charge in [0, 0.05) is 69.0 Å². The summed E-state index contributed by atoms with van der Waals surface area (Å²) in [7, 11) is 1.30. The van der Waals surface area contributed by atoms with E-state index in [1.165, 1.54) is 46.2 Å². The number of fused-ring (bicyclic) bond motifs is 5. The molecule has 3 aliphatic heterocycles. The van der Waals surface area contributed by atoms with Gasteiger partial charge in [0.15, 0.2) is 15.6 Å². The van der Waals surface area contributed by atoms with Crippen LogP contribution in [-0.4, -0.2) is 184 Å². The normalized spacial score (nSPS) is 23.7. The third-order valence-corrected chi connectivity index (χ3v) is 19.3. The molecular weight excluding hydrogens is 1360 g/mol. The molecule has 0 aliphatic carbocycles. The summed E-state index contributed by atoms with van der Waals surface area (Å²) >= 11 is 13.4. The van der Waals surface area contributed by atoms with E-state index in [9.17, 15) is 56.7 Å². The predicted octanol–water partition coefficient (Wildman–Crippen LogP) is 5.75. The third-order valence-electron chi connectivity index (χ3n) is 16.2. The van der Waals surface area contributed by atoms with Crippen molar-refractivity contribution in [3.05, 3.63) is 70.3 Å². The van der Waals surface area contributed by atoms with Crippen LogP contribution in [0.3, 0.4) is 0 Å². The van der Waals surface area contributed by atoms with E-state index < -0.39 is 134 Å². The molecule has 30 heteroatoms. The van der Waals surface area contributed by atoms with Gasteiger partial charge in [-0.1, -0.05) is 88.0 Å². The molecule has 2 aromatic rings. The Kier molecular flexibility index (Phi) is 27.7. The maximum absolute atomic E-state index is 14.6. The first-order chi connectivity index (χ1) is 42.7. The average molecular weight is 1450 g/mol. The van der Waals surface area contributed by atoms with Crippen molar-refractivity contribution < 1.29 is 85.1 Å². The molecule has 2 fully saturated rings. The van der Waals surface area contributed by atoms with E-state index in [-0.39, 0.29) is 78.4 Å². The molecule has 8 N–H and O–H groups in total. The van der Waals surface area contributed by atoms with Crippen LogP contribution in [0.1, 0.15) is 109 Å². The maximum Gasteiger partial charge on any atom is 0.409 e. The Morgan fingerprint density at radius 2 is 1.68 bits per heavy atom. The number of ether oxygens (including phenoxy) is 6. The second-order valence-corrected chi connectivity index (χ2v) is 27.2. The number of carbonyl (C=O) groups is 9. The molecular formula is C61H85Br2ClN8O18S. The number of unbranched alkanes of at least 4 members (excludes halogenated alkanes) is 2. The van der Waals surface area contributed by atoms with Crippen molar-refractivity contribution >= 4 is 118 Å². The van der Waals surface area contributed by atoms with Gasteiger partial charge in [0.2, 0.25) is 23.6 Å². The second kappa shape index (κ2) is 33.5. The number of hydrogen-bond acceptors (Lipinski definition) is 18. The van der Waals surface area contributed by atoms with Gasteiger partial charge in [0.25, 0.3) is 5.91 Å². The zero-order chi connectivity index (χ0) is 67.9. The molecule has 8 amide bonds. The fraction of sp³-hybridized carbons (Fsp3) is 0.590. The number of rotatable bonds is 26. The number of amides is 8. The molecule has 504 valence electrons. The van der Waals surface area contributed by atoms with Gasteiger partial charge < -0.3 is 70.3 Å². The van der Waals surface area contributed by atoms with E-state index in [1.807, 2.05) is 6.92 Å². The number of methoxy groups -OCH3 is 2. The zero-order valence-corrected chi connectivity index (χ0v) is 57.7. The Balaban J connectivity index is 1.37. The SMILES string of the molecule is COc1cc2cc(c1Cl)N(C)C(=O)C[C@H](OC(=O)[C@H](C)N(C)C(=O)c1ccc(NC(=O)[C@H](CCCNC(N)=O)NC(=O)[C@@H](NC(=O)CCCCCOC(=O)C(CBr)CBr)C(C)C)c(S(C)(=O)=O)c1)[C@]1(C)O[C@H]1[C@H](C)[C@@H]1C[C@@](O)(NC(=O)O1)[C@H](OC)/C=C/C=C(\C)C2. The summed E-state index contributed by atoms with van der Waals surface area (Å²) in [6.07, 6.45) is 1.95. The van der Waals surface area contributed by atoms with E-state index in [0.29, 0.717) is 41.9 Å². The lowest BCUT2D eigenvalue weighted by atomic mass is 9.83. The monoisotopic (exact) mass is 1440 g/mol. The molecule has 0 aromatic heterocycles. The first kappa shape index (κ1) is 75.4. The summed E-state index contributed by atoms with van der Waals surface area (Å²) in [5.74, 6) is -6.10. The topological polar surface area (TPSA) is 359 Å². The molecule has 91 heavy (non-hydrogen) atoms. The summed E-state index contributed by atoms with van der Waals surface area (Å²) in [6.45, 7) is 10.1. The Labute approximate surface area is 552 Å². The van der Waals surface area contributed by atoms with Crippen LogP contribution in [0.2, 0.25) is 5.02 Å². The van der Waals surface area contributed by atoms with Gasteiger partial charge in [0.1, 0.15) is 52.8 Å². The number of hydrogen-bond donors (Lipinski definition) is 7. The van der Waals surface area contributed by atoms with E-state index in [1.54, 1.807) is 58.1 Å². The third kappa shape index (κ3) is 20.3. The van der Waals surface area contributed by atoms with Crippen LogP contribution < -0.4 is 42.0 Å². The van der Waals surface area contributed by atoms with Gasteiger partial charge >= 0.3 is 24.1 Å². The molecule has 4 bridgehead atoms. The van der Waals surface area contributed by atoms with E-state index in [2.05, 4.69) is 58.4 Å². The quantitative estimate of drug-likeness (QED) is 0.0194. The molecule has 0 unspecified atom stereocenters. The fourth-order valence-corrected chi connectivity index (χ4v) is 13.3. The minimum atomic E-state index is -4.27. The fourth-order valence-electron chi connectivity index (χ4n) is 10.5. The maximum atomic E-state index is 14.6. The number of carbonyl (C=O) groups excluding carboxylic acids is 9.